The number of rotatable bonds is 10. The maximum absolute atomic E-state index is 9.46. The zero-order valence-corrected chi connectivity index (χ0v) is 10.7. The second-order valence-electron chi connectivity index (χ2n) is 4.57. The van der Waals surface area contributed by atoms with Crippen LogP contribution in [0.3, 0.4) is 0 Å². The maximum atomic E-state index is 9.46. The molecule has 0 bridgehead atoms. The Morgan fingerprint density at radius 2 is 1.56 bits per heavy atom. The highest BCUT2D eigenvalue weighted by Gasteiger charge is 2.20. The highest BCUT2D eigenvalue weighted by Crippen LogP contribution is 2.11. The molecule has 0 aromatic carbocycles. The number of aliphatic hydroxyl groups is 6. The quantitative estimate of drug-likeness (QED) is 0.269. The molecular formula is C12H25O6. The van der Waals surface area contributed by atoms with Gasteiger partial charge in [-0.05, 0) is 32.6 Å². The van der Waals surface area contributed by atoms with E-state index in [4.69, 9.17) is 15.3 Å². The van der Waals surface area contributed by atoms with Gasteiger partial charge in [-0.1, -0.05) is 6.42 Å². The van der Waals surface area contributed by atoms with E-state index < -0.39 is 37.1 Å². The molecular weight excluding hydrogens is 240 g/mol. The van der Waals surface area contributed by atoms with Crippen LogP contribution in [0.25, 0.3) is 0 Å². The van der Waals surface area contributed by atoms with E-state index in [1.165, 1.54) is 6.92 Å². The van der Waals surface area contributed by atoms with Crippen LogP contribution in [0, 0.1) is 6.42 Å². The molecule has 0 fully saturated rings. The van der Waals surface area contributed by atoms with Crippen LogP contribution in [0.4, 0.5) is 0 Å². The Kier molecular flexibility index (Phi) is 9.53. The first-order valence-electron chi connectivity index (χ1n) is 6.23. The van der Waals surface area contributed by atoms with Crippen molar-refractivity contribution in [3.8, 4) is 0 Å². The summed E-state index contributed by atoms with van der Waals surface area (Å²) in [5, 5.41) is 54.9. The minimum atomic E-state index is -1.16. The van der Waals surface area contributed by atoms with Crippen molar-refractivity contribution in [2.75, 3.05) is 6.61 Å². The van der Waals surface area contributed by atoms with E-state index in [0.29, 0.717) is 19.3 Å². The number of hydrogen-bond acceptors (Lipinski definition) is 6. The Labute approximate surface area is 108 Å². The Hall–Kier alpha value is -0.240. The number of aliphatic hydroxyl groups excluding tert-OH is 6. The van der Waals surface area contributed by atoms with Crippen molar-refractivity contribution in [1.29, 1.82) is 0 Å². The van der Waals surface area contributed by atoms with Gasteiger partial charge < -0.3 is 30.6 Å². The molecule has 0 aliphatic heterocycles. The lowest BCUT2D eigenvalue weighted by molar-refractivity contribution is -0.0516. The summed E-state index contributed by atoms with van der Waals surface area (Å²) in [6.07, 6.45) is -1.62. The summed E-state index contributed by atoms with van der Waals surface area (Å²) in [6.45, 7) is 0.935. The molecule has 0 saturated heterocycles. The predicted molar refractivity (Wildman–Crippen MR) is 65.6 cm³/mol. The van der Waals surface area contributed by atoms with Gasteiger partial charge >= 0.3 is 0 Å². The molecule has 0 amide bonds. The second kappa shape index (κ2) is 9.66. The summed E-state index contributed by atoms with van der Waals surface area (Å²) >= 11 is 0. The van der Waals surface area contributed by atoms with Crippen LogP contribution in [-0.4, -0.2) is 67.8 Å². The lowest BCUT2D eigenvalue weighted by Crippen LogP contribution is -2.35. The summed E-state index contributed by atoms with van der Waals surface area (Å²) in [5.41, 5.74) is 0. The first-order chi connectivity index (χ1) is 8.40. The van der Waals surface area contributed by atoms with Crippen molar-refractivity contribution in [2.45, 2.75) is 63.1 Å². The molecule has 0 spiro atoms. The predicted octanol–water partition coefficient (Wildman–Crippen LogP) is -1.43. The third-order valence-corrected chi connectivity index (χ3v) is 2.84. The number of unbranched alkanes of at least 4 members (excludes halogenated alkanes) is 2. The lowest BCUT2D eigenvalue weighted by Gasteiger charge is -2.20. The fourth-order valence-corrected chi connectivity index (χ4v) is 1.53. The molecule has 0 heterocycles. The van der Waals surface area contributed by atoms with Crippen molar-refractivity contribution in [3.63, 3.8) is 0 Å². The first kappa shape index (κ1) is 17.8. The first-order valence-corrected chi connectivity index (χ1v) is 6.23. The molecule has 18 heavy (non-hydrogen) atoms. The summed E-state index contributed by atoms with van der Waals surface area (Å²) in [7, 11) is 0. The molecule has 6 nitrogen and oxygen atoms in total. The van der Waals surface area contributed by atoms with E-state index in [-0.39, 0.29) is 6.42 Å². The molecule has 0 rings (SSSR count). The van der Waals surface area contributed by atoms with Crippen LogP contribution < -0.4 is 0 Å². The molecule has 1 radical (unpaired) electrons. The smallest absolute Gasteiger partial charge is 0.105 e. The van der Waals surface area contributed by atoms with E-state index in [2.05, 4.69) is 0 Å². The van der Waals surface area contributed by atoms with Gasteiger partial charge in [0.05, 0.1) is 24.9 Å². The van der Waals surface area contributed by atoms with Gasteiger partial charge in [-0.2, -0.15) is 0 Å². The van der Waals surface area contributed by atoms with Gasteiger partial charge in [-0.25, -0.2) is 0 Å². The SMILES string of the molecule is CC(O)C(O)C(O)C[CH]CCCC(O)C(O)CO. The normalized spacial score (nSPS) is 20.2. The van der Waals surface area contributed by atoms with Gasteiger partial charge in [0, 0.05) is 0 Å². The van der Waals surface area contributed by atoms with E-state index >= 15 is 0 Å². The Balaban J connectivity index is 3.56. The monoisotopic (exact) mass is 265 g/mol. The molecule has 0 aromatic heterocycles. The van der Waals surface area contributed by atoms with Crippen molar-refractivity contribution >= 4 is 0 Å². The average Bonchev–Trinajstić information content (AvgIpc) is 2.35. The van der Waals surface area contributed by atoms with E-state index in [1.807, 2.05) is 0 Å². The molecule has 0 aliphatic carbocycles. The Morgan fingerprint density at radius 1 is 0.944 bits per heavy atom. The molecule has 6 heteroatoms. The standard InChI is InChI=1S/C12H25O6/c1-8(14)12(18)10(16)6-4-2-3-5-9(15)11(17)7-13/h4,8-18H,2-3,5-7H2,1H3. The van der Waals surface area contributed by atoms with Crippen molar-refractivity contribution < 1.29 is 30.6 Å². The topological polar surface area (TPSA) is 121 Å². The van der Waals surface area contributed by atoms with Gasteiger partial charge in [0.15, 0.2) is 0 Å². The van der Waals surface area contributed by atoms with E-state index in [9.17, 15) is 15.3 Å². The van der Waals surface area contributed by atoms with Crippen LogP contribution in [0.1, 0.15) is 32.6 Å². The van der Waals surface area contributed by atoms with Gasteiger partial charge in [-0.3, -0.25) is 0 Å². The van der Waals surface area contributed by atoms with Crippen LogP contribution in [0.2, 0.25) is 0 Å². The second-order valence-corrected chi connectivity index (χ2v) is 4.57. The Morgan fingerprint density at radius 3 is 2.06 bits per heavy atom. The lowest BCUT2D eigenvalue weighted by atomic mass is 10.0. The van der Waals surface area contributed by atoms with Crippen molar-refractivity contribution in [1.82, 2.24) is 0 Å². The van der Waals surface area contributed by atoms with Crippen LogP contribution >= 0.6 is 0 Å². The van der Waals surface area contributed by atoms with E-state index in [1.54, 1.807) is 6.42 Å². The molecule has 6 N–H and O–H groups in total. The summed E-state index contributed by atoms with van der Waals surface area (Å²) in [4.78, 5) is 0. The molecule has 5 unspecified atom stereocenters. The van der Waals surface area contributed by atoms with Crippen LogP contribution in [0.15, 0.2) is 0 Å². The third kappa shape index (κ3) is 7.25. The van der Waals surface area contributed by atoms with Gasteiger partial charge in [0.1, 0.15) is 12.2 Å². The molecule has 109 valence electrons. The fourth-order valence-electron chi connectivity index (χ4n) is 1.53. The Bertz CT molecular complexity index is 199. The average molecular weight is 265 g/mol. The maximum Gasteiger partial charge on any atom is 0.105 e. The van der Waals surface area contributed by atoms with Crippen LogP contribution in [0.5, 0.6) is 0 Å². The molecule has 0 aromatic rings. The largest absolute Gasteiger partial charge is 0.394 e. The van der Waals surface area contributed by atoms with Crippen molar-refractivity contribution in [2.24, 2.45) is 0 Å². The fraction of sp³-hybridized carbons (Fsp3) is 0.917. The third-order valence-electron chi connectivity index (χ3n) is 2.84. The van der Waals surface area contributed by atoms with Gasteiger partial charge in [0.2, 0.25) is 0 Å². The van der Waals surface area contributed by atoms with Gasteiger partial charge in [0.25, 0.3) is 0 Å². The van der Waals surface area contributed by atoms with Crippen LogP contribution in [-0.2, 0) is 0 Å². The highest BCUT2D eigenvalue weighted by atomic mass is 16.4. The molecule has 5 atom stereocenters. The zero-order valence-electron chi connectivity index (χ0n) is 10.7. The number of hydrogen-bond donors (Lipinski definition) is 6. The minimum Gasteiger partial charge on any atom is -0.394 e. The molecule has 0 saturated carbocycles. The highest BCUT2D eigenvalue weighted by molar-refractivity contribution is 4.79. The summed E-state index contributed by atoms with van der Waals surface area (Å²) in [6, 6.07) is 0. The van der Waals surface area contributed by atoms with Gasteiger partial charge in [-0.15, -0.1) is 0 Å². The van der Waals surface area contributed by atoms with E-state index in [0.717, 1.165) is 0 Å². The molecule has 0 aliphatic rings. The summed E-state index contributed by atoms with van der Waals surface area (Å²) < 4.78 is 0. The van der Waals surface area contributed by atoms with Crippen molar-refractivity contribution in [3.05, 3.63) is 6.42 Å². The summed E-state index contributed by atoms with van der Waals surface area (Å²) in [5.74, 6) is 0. The minimum absolute atomic E-state index is 0.255. The zero-order chi connectivity index (χ0) is 14.1.